The van der Waals surface area contributed by atoms with E-state index in [4.69, 9.17) is 21.1 Å². The molecular formula is C18H25ClN2O3. The molecule has 3 rings (SSSR count). The normalized spacial score (nSPS) is 21.8. The summed E-state index contributed by atoms with van der Waals surface area (Å²) in [6.07, 6.45) is 1.95. The summed E-state index contributed by atoms with van der Waals surface area (Å²) in [5.41, 5.74) is 1.68. The van der Waals surface area contributed by atoms with Gasteiger partial charge in [-0.05, 0) is 57.5 Å². The minimum atomic E-state index is -0.172. The fourth-order valence-corrected chi connectivity index (χ4v) is 3.55. The molecule has 24 heavy (non-hydrogen) atoms. The molecular weight excluding hydrogens is 328 g/mol. The molecule has 2 heterocycles. The Labute approximate surface area is 148 Å². The first-order chi connectivity index (χ1) is 11.6. The number of benzene rings is 1. The molecule has 2 saturated heterocycles. The first kappa shape index (κ1) is 17.7. The van der Waals surface area contributed by atoms with E-state index in [2.05, 4.69) is 10.2 Å². The monoisotopic (exact) mass is 352 g/mol. The smallest absolute Gasteiger partial charge is 0.241 e. The number of nitrogens with zero attached hydrogens (tertiary/aromatic N) is 1. The Morgan fingerprint density at radius 3 is 2.62 bits per heavy atom. The minimum absolute atomic E-state index is 0.00665. The summed E-state index contributed by atoms with van der Waals surface area (Å²) in [5, 5.41) is 3.66. The molecule has 0 bridgehead atoms. The van der Waals surface area contributed by atoms with Crippen LogP contribution in [0.1, 0.15) is 25.3 Å². The molecule has 1 aromatic rings. The quantitative estimate of drug-likeness (QED) is 0.904. The van der Waals surface area contributed by atoms with Gasteiger partial charge in [0.2, 0.25) is 5.91 Å². The number of amides is 1. The summed E-state index contributed by atoms with van der Waals surface area (Å²) >= 11 is 6.12. The third-order valence-corrected chi connectivity index (χ3v) is 5.47. The third-order valence-electron chi connectivity index (χ3n) is 5.06. The molecule has 5 nitrogen and oxygen atoms in total. The maximum absolute atomic E-state index is 12.6. The third kappa shape index (κ3) is 3.91. The van der Waals surface area contributed by atoms with Gasteiger partial charge in [0.25, 0.3) is 0 Å². The van der Waals surface area contributed by atoms with Crippen molar-refractivity contribution in [3.63, 3.8) is 0 Å². The fourth-order valence-electron chi connectivity index (χ4n) is 3.37. The highest BCUT2D eigenvalue weighted by Gasteiger charge is 2.33. The predicted molar refractivity (Wildman–Crippen MR) is 94.3 cm³/mol. The van der Waals surface area contributed by atoms with Crippen LogP contribution in [0.2, 0.25) is 5.02 Å². The van der Waals surface area contributed by atoms with Crippen molar-refractivity contribution in [2.75, 3.05) is 31.6 Å². The number of hydrogen-bond acceptors (Lipinski definition) is 4. The molecule has 1 aromatic carbocycles. The van der Waals surface area contributed by atoms with Crippen molar-refractivity contribution in [2.24, 2.45) is 5.92 Å². The molecule has 1 N–H and O–H groups in total. The van der Waals surface area contributed by atoms with Crippen LogP contribution in [-0.4, -0.2) is 49.4 Å². The average molecular weight is 353 g/mol. The first-order valence-corrected chi connectivity index (χ1v) is 8.97. The number of anilines is 1. The van der Waals surface area contributed by atoms with Crippen molar-refractivity contribution in [3.8, 4) is 0 Å². The van der Waals surface area contributed by atoms with Crippen LogP contribution in [0.15, 0.2) is 18.2 Å². The highest BCUT2D eigenvalue weighted by molar-refractivity contribution is 6.31. The number of carbonyl (C=O) groups excluding carboxylic acids is 1. The summed E-state index contributed by atoms with van der Waals surface area (Å²) in [6, 6.07) is 5.39. The molecule has 1 amide bonds. The van der Waals surface area contributed by atoms with Gasteiger partial charge in [-0.25, -0.2) is 0 Å². The lowest BCUT2D eigenvalue weighted by Crippen LogP contribution is -2.47. The Morgan fingerprint density at radius 2 is 1.96 bits per heavy atom. The van der Waals surface area contributed by atoms with Gasteiger partial charge in [0.05, 0.1) is 19.3 Å². The summed E-state index contributed by atoms with van der Waals surface area (Å²) in [4.78, 5) is 14.8. The van der Waals surface area contributed by atoms with Crippen LogP contribution in [0.3, 0.4) is 0 Å². The van der Waals surface area contributed by atoms with Crippen molar-refractivity contribution < 1.29 is 14.3 Å². The molecule has 2 aliphatic rings. The van der Waals surface area contributed by atoms with Crippen LogP contribution in [0.4, 0.5) is 5.69 Å². The number of rotatable bonds is 4. The molecule has 6 heteroatoms. The molecule has 0 aromatic heterocycles. The number of carbonyl (C=O) groups is 1. The largest absolute Gasteiger partial charge is 0.350 e. The second-order valence-corrected chi connectivity index (χ2v) is 6.97. The molecule has 1 unspecified atom stereocenters. The highest BCUT2D eigenvalue weighted by Crippen LogP contribution is 2.27. The van der Waals surface area contributed by atoms with Crippen LogP contribution in [0.25, 0.3) is 0 Å². The number of piperidine rings is 1. The van der Waals surface area contributed by atoms with Crippen LogP contribution in [0, 0.1) is 12.8 Å². The van der Waals surface area contributed by atoms with E-state index in [1.165, 1.54) is 0 Å². The summed E-state index contributed by atoms with van der Waals surface area (Å²) in [7, 11) is 0. The minimum Gasteiger partial charge on any atom is -0.350 e. The van der Waals surface area contributed by atoms with Gasteiger partial charge in [-0.2, -0.15) is 0 Å². The number of hydrogen-bond donors (Lipinski definition) is 1. The van der Waals surface area contributed by atoms with Gasteiger partial charge in [-0.3, -0.25) is 9.69 Å². The van der Waals surface area contributed by atoms with Gasteiger partial charge in [-0.15, -0.1) is 0 Å². The molecule has 1 atom stereocenters. The van der Waals surface area contributed by atoms with Crippen LogP contribution < -0.4 is 5.32 Å². The lowest BCUT2D eigenvalue weighted by molar-refractivity contribution is -0.123. The van der Waals surface area contributed by atoms with E-state index < -0.39 is 0 Å². The zero-order valence-corrected chi connectivity index (χ0v) is 15.0. The van der Waals surface area contributed by atoms with E-state index in [1.54, 1.807) is 0 Å². The zero-order chi connectivity index (χ0) is 17.1. The molecule has 0 saturated carbocycles. The summed E-state index contributed by atoms with van der Waals surface area (Å²) < 4.78 is 11.2. The Kier molecular flexibility index (Phi) is 5.76. The number of nitrogens with one attached hydrogen (secondary N) is 1. The Hall–Kier alpha value is -1.14. The Balaban J connectivity index is 1.53. The van der Waals surface area contributed by atoms with Crippen molar-refractivity contribution >= 4 is 23.2 Å². The Morgan fingerprint density at radius 1 is 1.29 bits per heavy atom. The maximum Gasteiger partial charge on any atom is 0.241 e. The van der Waals surface area contributed by atoms with E-state index in [1.807, 2.05) is 32.0 Å². The van der Waals surface area contributed by atoms with Crippen molar-refractivity contribution in [1.82, 2.24) is 4.90 Å². The molecule has 132 valence electrons. The number of halogens is 1. The maximum atomic E-state index is 12.6. The van der Waals surface area contributed by atoms with E-state index >= 15 is 0 Å². The lowest BCUT2D eigenvalue weighted by atomic mass is 9.95. The molecule has 0 radical (unpaired) electrons. The topological polar surface area (TPSA) is 50.8 Å². The van der Waals surface area contributed by atoms with Crippen molar-refractivity contribution in [3.05, 3.63) is 28.8 Å². The molecule has 2 fully saturated rings. The van der Waals surface area contributed by atoms with E-state index in [0.29, 0.717) is 24.2 Å². The van der Waals surface area contributed by atoms with Crippen LogP contribution in [0.5, 0.6) is 0 Å². The van der Waals surface area contributed by atoms with Gasteiger partial charge < -0.3 is 14.8 Å². The van der Waals surface area contributed by atoms with Crippen molar-refractivity contribution in [1.29, 1.82) is 0 Å². The fraction of sp³-hybridized carbons (Fsp3) is 0.611. The highest BCUT2D eigenvalue weighted by atomic mass is 35.5. The second-order valence-electron chi connectivity index (χ2n) is 6.56. The summed E-state index contributed by atoms with van der Waals surface area (Å²) in [5.74, 6) is 0.446. The SMILES string of the molecule is Cc1c(Cl)cccc1NC(=O)C(C)N1CCC(C2OCCO2)CC1. The Bertz CT molecular complexity index is 582. The first-order valence-electron chi connectivity index (χ1n) is 8.59. The van der Waals surface area contributed by atoms with Gasteiger partial charge in [0.1, 0.15) is 0 Å². The van der Waals surface area contributed by atoms with E-state index in [-0.39, 0.29) is 18.2 Å². The predicted octanol–water partition coefficient (Wildman–Crippen LogP) is 3.06. The molecule has 2 aliphatic heterocycles. The van der Waals surface area contributed by atoms with Gasteiger partial charge >= 0.3 is 0 Å². The van der Waals surface area contributed by atoms with Crippen LogP contribution >= 0.6 is 11.6 Å². The number of ether oxygens (including phenoxy) is 2. The van der Waals surface area contributed by atoms with E-state index in [0.717, 1.165) is 37.2 Å². The van der Waals surface area contributed by atoms with Gasteiger partial charge in [0.15, 0.2) is 6.29 Å². The second kappa shape index (κ2) is 7.83. The van der Waals surface area contributed by atoms with E-state index in [9.17, 15) is 4.79 Å². The summed E-state index contributed by atoms with van der Waals surface area (Å²) in [6.45, 7) is 7.03. The van der Waals surface area contributed by atoms with Gasteiger partial charge in [-0.1, -0.05) is 17.7 Å². The lowest BCUT2D eigenvalue weighted by Gasteiger charge is -2.36. The molecule has 0 aliphatic carbocycles. The standard InChI is InChI=1S/C18H25ClN2O3/c1-12-15(19)4-3-5-16(12)20-17(22)13(2)21-8-6-14(7-9-21)18-23-10-11-24-18/h3-5,13-14,18H,6-11H2,1-2H3,(H,20,22). The van der Waals surface area contributed by atoms with Gasteiger partial charge in [0, 0.05) is 16.6 Å². The molecule has 0 spiro atoms. The zero-order valence-electron chi connectivity index (χ0n) is 14.3. The van der Waals surface area contributed by atoms with Crippen LogP contribution in [-0.2, 0) is 14.3 Å². The average Bonchev–Trinajstić information content (AvgIpc) is 3.13. The van der Waals surface area contributed by atoms with Crippen molar-refractivity contribution in [2.45, 2.75) is 39.0 Å². The number of likely N-dealkylation sites (tertiary alicyclic amines) is 1.